The van der Waals surface area contributed by atoms with E-state index in [2.05, 4.69) is 10.1 Å². The standard InChI is InChI=1S/C14H18N4OS/c19-14(5-4-13-15-7-10-20-13)18-9-1-3-12(18)11-17-8-2-6-16-17/h2,6-8,10,12H,1,3-5,9,11H2/t12-/m0/s1. The quantitative estimate of drug-likeness (QED) is 0.846. The van der Waals surface area contributed by atoms with Gasteiger partial charge in [0.25, 0.3) is 0 Å². The van der Waals surface area contributed by atoms with E-state index in [1.165, 1.54) is 0 Å². The van der Waals surface area contributed by atoms with Crippen molar-refractivity contribution in [1.82, 2.24) is 19.7 Å². The minimum atomic E-state index is 0.245. The third-order valence-corrected chi connectivity index (χ3v) is 4.53. The van der Waals surface area contributed by atoms with Crippen LogP contribution in [0.3, 0.4) is 0 Å². The molecule has 0 spiro atoms. The molecule has 1 aliphatic rings. The van der Waals surface area contributed by atoms with Gasteiger partial charge in [0.2, 0.25) is 5.91 Å². The molecule has 1 fully saturated rings. The summed E-state index contributed by atoms with van der Waals surface area (Å²) in [6.07, 6.45) is 9.00. The van der Waals surface area contributed by atoms with Crippen molar-refractivity contribution >= 4 is 17.2 Å². The number of hydrogen-bond acceptors (Lipinski definition) is 4. The Morgan fingerprint density at radius 2 is 2.40 bits per heavy atom. The Kier molecular flexibility index (Phi) is 4.11. The molecule has 3 heterocycles. The lowest BCUT2D eigenvalue weighted by Crippen LogP contribution is -2.38. The van der Waals surface area contributed by atoms with Crippen molar-refractivity contribution in [3.8, 4) is 0 Å². The summed E-state index contributed by atoms with van der Waals surface area (Å²) in [5, 5.41) is 7.23. The second-order valence-electron chi connectivity index (χ2n) is 5.04. The maximum Gasteiger partial charge on any atom is 0.223 e. The molecule has 0 saturated carbocycles. The molecular formula is C14H18N4OS. The Hall–Kier alpha value is -1.69. The van der Waals surface area contributed by atoms with E-state index in [1.807, 2.05) is 27.2 Å². The van der Waals surface area contributed by atoms with Gasteiger partial charge in [-0.1, -0.05) is 0 Å². The van der Waals surface area contributed by atoms with Gasteiger partial charge in [0, 0.05) is 43.4 Å². The molecule has 0 radical (unpaired) electrons. The maximum atomic E-state index is 12.4. The summed E-state index contributed by atoms with van der Waals surface area (Å²) >= 11 is 1.62. The van der Waals surface area contributed by atoms with Gasteiger partial charge < -0.3 is 4.90 Å². The smallest absolute Gasteiger partial charge is 0.223 e. The molecule has 0 bridgehead atoms. The zero-order valence-corrected chi connectivity index (χ0v) is 12.1. The van der Waals surface area contributed by atoms with Crippen LogP contribution < -0.4 is 0 Å². The van der Waals surface area contributed by atoms with Crippen molar-refractivity contribution in [1.29, 1.82) is 0 Å². The highest BCUT2D eigenvalue weighted by atomic mass is 32.1. The SMILES string of the molecule is O=C(CCc1nccs1)N1CCC[C@H]1Cn1cccn1. The summed E-state index contributed by atoms with van der Waals surface area (Å²) in [7, 11) is 0. The number of rotatable bonds is 5. The van der Waals surface area contributed by atoms with Crippen LogP contribution in [0.5, 0.6) is 0 Å². The Balaban J connectivity index is 1.55. The Morgan fingerprint density at radius 1 is 1.45 bits per heavy atom. The summed E-state index contributed by atoms with van der Waals surface area (Å²) < 4.78 is 1.91. The summed E-state index contributed by atoms with van der Waals surface area (Å²) in [6, 6.07) is 2.21. The van der Waals surface area contributed by atoms with Gasteiger partial charge in [0.15, 0.2) is 0 Å². The molecule has 0 unspecified atom stereocenters. The van der Waals surface area contributed by atoms with E-state index in [4.69, 9.17) is 0 Å². The van der Waals surface area contributed by atoms with E-state index in [9.17, 15) is 4.79 Å². The lowest BCUT2D eigenvalue weighted by Gasteiger charge is -2.24. The highest BCUT2D eigenvalue weighted by molar-refractivity contribution is 7.09. The van der Waals surface area contributed by atoms with Crippen LogP contribution in [0.25, 0.3) is 0 Å². The Labute approximate surface area is 122 Å². The van der Waals surface area contributed by atoms with Gasteiger partial charge in [0.1, 0.15) is 0 Å². The molecule has 0 aliphatic carbocycles. The number of thiazole rings is 1. The summed E-state index contributed by atoms with van der Waals surface area (Å²) in [6.45, 7) is 1.68. The predicted octanol–water partition coefficient (Wildman–Crippen LogP) is 1.96. The van der Waals surface area contributed by atoms with Gasteiger partial charge in [-0.3, -0.25) is 9.48 Å². The van der Waals surface area contributed by atoms with Gasteiger partial charge >= 0.3 is 0 Å². The van der Waals surface area contributed by atoms with Crippen molar-refractivity contribution in [2.75, 3.05) is 6.54 Å². The van der Waals surface area contributed by atoms with Crippen LogP contribution in [0, 0.1) is 0 Å². The van der Waals surface area contributed by atoms with Crippen LogP contribution in [-0.4, -0.2) is 38.2 Å². The highest BCUT2D eigenvalue weighted by Gasteiger charge is 2.28. The summed E-state index contributed by atoms with van der Waals surface area (Å²) in [5.74, 6) is 0.245. The number of hydrogen-bond donors (Lipinski definition) is 0. The first-order chi connectivity index (χ1) is 9.83. The summed E-state index contributed by atoms with van der Waals surface area (Å²) in [5.41, 5.74) is 0. The topological polar surface area (TPSA) is 51.0 Å². The zero-order valence-electron chi connectivity index (χ0n) is 11.3. The fourth-order valence-electron chi connectivity index (χ4n) is 2.71. The maximum absolute atomic E-state index is 12.4. The normalized spacial score (nSPS) is 18.6. The zero-order chi connectivity index (χ0) is 13.8. The molecule has 106 valence electrons. The first kappa shape index (κ1) is 13.3. The molecule has 1 aliphatic heterocycles. The summed E-state index contributed by atoms with van der Waals surface area (Å²) in [4.78, 5) is 18.6. The van der Waals surface area contributed by atoms with Crippen LogP contribution in [-0.2, 0) is 17.8 Å². The van der Waals surface area contributed by atoms with E-state index >= 15 is 0 Å². The monoisotopic (exact) mass is 290 g/mol. The van der Waals surface area contributed by atoms with E-state index < -0.39 is 0 Å². The minimum Gasteiger partial charge on any atom is -0.338 e. The number of amides is 1. The number of carbonyl (C=O) groups is 1. The lowest BCUT2D eigenvalue weighted by atomic mass is 10.2. The highest BCUT2D eigenvalue weighted by Crippen LogP contribution is 2.20. The van der Waals surface area contributed by atoms with E-state index in [1.54, 1.807) is 23.7 Å². The van der Waals surface area contributed by atoms with Gasteiger partial charge in [-0.05, 0) is 18.9 Å². The third-order valence-electron chi connectivity index (χ3n) is 3.69. The van der Waals surface area contributed by atoms with Crippen molar-refractivity contribution in [2.24, 2.45) is 0 Å². The number of aryl methyl sites for hydroxylation is 1. The van der Waals surface area contributed by atoms with Gasteiger partial charge in [-0.25, -0.2) is 4.98 Å². The van der Waals surface area contributed by atoms with E-state index in [0.717, 1.165) is 37.4 Å². The van der Waals surface area contributed by atoms with Crippen LogP contribution in [0.1, 0.15) is 24.3 Å². The van der Waals surface area contributed by atoms with Crippen molar-refractivity contribution in [2.45, 2.75) is 38.3 Å². The van der Waals surface area contributed by atoms with Gasteiger partial charge in [-0.2, -0.15) is 5.10 Å². The van der Waals surface area contributed by atoms with Crippen molar-refractivity contribution in [3.63, 3.8) is 0 Å². The first-order valence-corrected chi connectivity index (χ1v) is 7.86. The van der Waals surface area contributed by atoms with Crippen molar-refractivity contribution < 1.29 is 4.79 Å². The first-order valence-electron chi connectivity index (χ1n) is 6.98. The second-order valence-corrected chi connectivity index (χ2v) is 6.02. The second kappa shape index (κ2) is 6.17. The molecule has 1 saturated heterocycles. The lowest BCUT2D eigenvalue weighted by molar-refractivity contribution is -0.132. The molecular weight excluding hydrogens is 272 g/mol. The largest absolute Gasteiger partial charge is 0.338 e. The van der Waals surface area contributed by atoms with Crippen LogP contribution in [0.4, 0.5) is 0 Å². The average Bonchev–Trinajstić information content (AvgIpc) is 3.19. The van der Waals surface area contributed by atoms with Gasteiger partial charge in [-0.15, -0.1) is 11.3 Å². The molecule has 2 aromatic heterocycles. The van der Waals surface area contributed by atoms with Gasteiger partial charge in [0.05, 0.1) is 17.6 Å². The molecule has 20 heavy (non-hydrogen) atoms. The molecule has 5 nitrogen and oxygen atoms in total. The predicted molar refractivity (Wildman–Crippen MR) is 77.4 cm³/mol. The number of nitrogens with zero attached hydrogens (tertiary/aromatic N) is 4. The van der Waals surface area contributed by atoms with Crippen LogP contribution >= 0.6 is 11.3 Å². The molecule has 1 atom stereocenters. The minimum absolute atomic E-state index is 0.245. The molecule has 6 heteroatoms. The Morgan fingerprint density at radius 3 is 3.15 bits per heavy atom. The average molecular weight is 290 g/mol. The number of likely N-dealkylation sites (tertiary alicyclic amines) is 1. The fourth-order valence-corrected chi connectivity index (χ4v) is 3.33. The molecule has 1 amide bonds. The number of carbonyl (C=O) groups excluding carboxylic acids is 1. The Bertz CT molecular complexity index is 538. The van der Waals surface area contributed by atoms with E-state index in [-0.39, 0.29) is 5.91 Å². The van der Waals surface area contributed by atoms with E-state index in [0.29, 0.717) is 12.5 Å². The molecule has 0 aromatic carbocycles. The molecule has 3 rings (SSSR count). The fraction of sp³-hybridized carbons (Fsp3) is 0.500. The van der Waals surface area contributed by atoms with Crippen molar-refractivity contribution in [3.05, 3.63) is 35.0 Å². The molecule has 0 N–H and O–H groups in total. The van der Waals surface area contributed by atoms with Crippen LogP contribution in [0.15, 0.2) is 30.0 Å². The third kappa shape index (κ3) is 3.07. The van der Waals surface area contributed by atoms with Crippen LogP contribution in [0.2, 0.25) is 0 Å². The number of aromatic nitrogens is 3. The molecule has 2 aromatic rings.